The lowest BCUT2D eigenvalue weighted by atomic mass is 9.96. The van der Waals surface area contributed by atoms with Crippen LogP contribution in [0.15, 0.2) is 36.4 Å². The van der Waals surface area contributed by atoms with Gasteiger partial charge >= 0.3 is 0 Å². The number of carbonyl (C=O) groups is 2. The fourth-order valence-corrected chi connectivity index (χ4v) is 2.71. The maximum atomic E-state index is 12.6. The van der Waals surface area contributed by atoms with E-state index in [1.807, 2.05) is 25.1 Å². The minimum Gasteiger partial charge on any atom is -0.326 e. The molecule has 106 valence electrons. The van der Waals surface area contributed by atoms with Crippen molar-refractivity contribution in [3.63, 3.8) is 0 Å². The summed E-state index contributed by atoms with van der Waals surface area (Å²) in [7, 11) is 0. The lowest BCUT2D eigenvalue weighted by molar-refractivity contribution is -0.116. The molecule has 1 aliphatic rings. The van der Waals surface area contributed by atoms with Gasteiger partial charge < -0.3 is 5.32 Å². The van der Waals surface area contributed by atoms with Crippen molar-refractivity contribution in [2.24, 2.45) is 0 Å². The Hall–Kier alpha value is -2.13. The summed E-state index contributed by atoms with van der Waals surface area (Å²) in [5.74, 6) is -0.0771. The molecule has 21 heavy (non-hydrogen) atoms. The summed E-state index contributed by atoms with van der Waals surface area (Å²) in [5.41, 5.74) is 3.77. The molecular formula is C17H14ClNO2. The van der Waals surface area contributed by atoms with E-state index in [4.69, 9.17) is 11.6 Å². The molecule has 1 aliphatic heterocycles. The second kappa shape index (κ2) is 5.34. The molecule has 0 saturated carbocycles. The molecule has 2 aromatic rings. The number of ketones is 1. The molecule has 4 heteroatoms. The fraction of sp³-hybridized carbons (Fsp3) is 0.176. The Labute approximate surface area is 127 Å². The number of nitrogens with one attached hydrogen (secondary N) is 1. The zero-order valence-corrected chi connectivity index (χ0v) is 12.3. The largest absolute Gasteiger partial charge is 0.326 e. The molecule has 2 aromatic carbocycles. The molecule has 0 bridgehead atoms. The predicted octanol–water partition coefficient (Wildman–Crippen LogP) is 3.76. The second-order valence-electron chi connectivity index (χ2n) is 5.19. The van der Waals surface area contributed by atoms with Gasteiger partial charge in [0.05, 0.1) is 5.02 Å². The van der Waals surface area contributed by atoms with E-state index in [9.17, 15) is 9.59 Å². The van der Waals surface area contributed by atoms with E-state index >= 15 is 0 Å². The lowest BCUT2D eigenvalue weighted by Gasteiger charge is -2.17. The number of benzene rings is 2. The first-order chi connectivity index (χ1) is 10.1. The molecule has 3 nitrogen and oxygen atoms in total. The van der Waals surface area contributed by atoms with Gasteiger partial charge in [-0.05, 0) is 48.7 Å². The van der Waals surface area contributed by atoms with Crippen LogP contribution >= 0.6 is 11.6 Å². The third-order valence-corrected chi connectivity index (χ3v) is 4.20. The van der Waals surface area contributed by atoms with Crippen molar-refractivity contribution in [3.8, 4) is 0 Å². The molecule has 1 N–H and O–H groups in total. The number of aryl methyl sites for hydroxylation is 2. The van der Waals surface area contributed by atoms with E-state index in [0.717, 1.165) is 16.8 Å². The number of carbonyl (C=O) groups excluding carboxylic acids is 2. The van der Waals surface area contributed by atoms with Crippen molar-refractivity contribution >= 4 is 29.0 Å². The lowest BCUT2D eigenvalue weighted by Crippen LogP contribution is -2.19. The van der Waals surface area contributed by atoms with Crippen molar-refractivity contribution in [3.05, 3.63) is 63.7 Å². The number of rotatable bonds is 2. The normalized spacial score (nSPS) is 13.5. The van der Waals surface area contributed by atoms with Gasteiger partial charge in [-0.25, -0.2) is 0 Å². The molecular weight excluding hydrogens is 286 g/mol. The number of anilines is 1. The zero-order chi connectivity index (χ0) is 15.0. The maximum Gasteiger partial charge on any atom is 0.224 e. The van der Waals surface area contributed by atoms with E-state index < -0.39 is 0 Å². The SMILES string of the molecule is Cc1cccc(C(=O)c2ccc3c(c2)CCC(=O)N3)c1Cl. The Morgan fingerprint density at radius 1 is 1.19 bits per heavy atom. The zero-order valence-electron chi connectivity index (χ0n) is 11.6. The Morgan fingerprint density at radius 3 is 2.81 bits per heavy atom. The molecule has 3 rings (SSSR count). The summed E-state index contributed by atoms with van der Waals surface area (Å²) in [5, 5.41) is 3.30. The first-order valence-electron chi connectivity index (χ1n) is 6.79. The topological polar surface area (TPSA) is 46.2 Å². The maximum absolute atomic E-state index is 12.6. The van der Waals surface area contributed by atoms with E-state index in [0.29, 0.717) is 29.0 Å². The first-order valence-corrected chi connectivity index (χ1v) is 7.16. The van der Waals surface area contributed by atoms with E-state index in [-0.39, 0.29) is 11.7 Å². The average molecular weight is 300 g/mol. The number of fused-ring (bicyclic) bond motifs is 1. The second-order valence-corrected chi connectivity index (χ2v) is 5.56. The van der Waals surface area contributed by atoms with Gasteiger partial charge in [-0.15, -0.1) is 0 Å². The number of hydrogen-bond acceptors (Lipinski definition) is 2. The highest BCUT2D eigenvalue weighted by molar-refractivity contribution is 6.35. The minimum absolute atomic E-state index is 0.0169. The van der Waals surface area contributed by atoms with Crippen LogP contribution in [0.25, 0.3) is 0 Å². The van der Waals surface area contributed by atoms with Gasteiger partial charge in [0, 0.05) is 23.2 Å². The highest BCUT2D eigenvalue weighted by atomic mass is 35.5. The van der Waals surface area contributed by atoms with Gasteiger partial charge in [0.25, 0.3) is 0 Å². The van der Waals surface area contributed by atoms with Crippen LogP contribution in [0.2, 0.25) is 5.02 Å². The molecule has 0 aliphatic carbocycles. The smallest absolute Gasteiger partial charge is 0.224 e. The molecule has 1 heterocycles. The number of amides is 1. The fourth-order valence-electron chi connectivity index (χ4n) is 2.50. The van der Waals surface area contributed by atoms with Gasteiger partial charge in [0.15, 0.2) is 5.78 Å². The van der Waals surface area contributed by atoms with Crippen LogP contribution in [-0.2, 0) is 11.2 Å². The van der Waals surface area contributed by atoms with Gasteiger partial charge in [0.2, 0.25) is 5.91 Å². The first kappa shape index (κ1) is 13.8. The minimum atomic E-state index is -0.0941. The number of halogens is 1. The Kier molecular flexibility index (Phi) is 3.52. The molecule has 0 saturated heterocycles. The van der Waals surface area contributed by atoms with Crippen LogP contribution in [0.1, 0.15) is 33.5 Å². The summed E-state index contributed by atoms with van der Waals surface area (Å²) < 4.78 is 0. The molecule has 0 atom stereocenters. The monoisotopic (exact) mass is 299 g/mol. The highest BCUT2D eigenvalue weighted by Crippen LogP contribution is 2.27. The Morgan fingerprint density at radius 2 is 2.00 bits per heavy atom. The summed E-state index contributed by atoms with van der Waals surface area (Å²) in [6, 6.07) is 10.8. The highest BCUT2D eigenvalue weighted by Gasteiger charge is 2.19. The Bertz CT molecular complexity index is 752. The van der Waals surface area contributed by atoms with Crippen molar-refractivity contribution < 1.29 is 9.59 Å². The van der Waals surface area contributed by atoms with Crippen LogP contribution in [0, 0.1) is 6.92 Å². The Balaban J connectivity index is 1.99. The van der Waals surface area contributed by atoms with Gasteiger partial charge in [-0.2, -0.15) is 0 Å². The summed E-state index contributed by atoms with van der Waals surface area (Å²) >= 11 is 6.22. The number of hydrogen-bond donors (Lipinski definition) is 1. The van der Waals surface area contributed by atoms with Crippen LogP contribution < -0.4 is 5.32 Å². The van der Waals surface area contributed by atoms with Crippen LogP contribution in [0.3, 0.4) is 0 Å². The summed E-state index contributed by atoms with van der Waals surface area (Å²) in [6.07, 6.45) is 1.11. The van der Waals surface area contributed by atoms with Crippen molar-refractivity contribution in [2.75, 3.05) is 5.32 Å². The third-order valence-electron chi connectivity index (χ3n) is 3.70. The molecule has 1 amide bonds. The van der Waals surface area contributed by atoms with Gasteiger partial charge in [0.1, 0.15) is 0 Å². The van der Waals surface area contributed by atoms with Gasteiger partial charge in [-0.1, -0.05) is 23.7 Å². The van der Waals surface area contributed by atoms with E-state index in [1.54, 1.807) is 18.2 Å². The molecule has 0 radical (unpaired) electrons. The standard InChI is InChI=1S/C17H14ClNO2/c1-10-3-2-4-13(16(10)18)17(21)12-5-7-14-11(9-12)6-8-15(20)19-14/h2-5,7,9H,6,8H2,1H3,(H,19,20). The predicted molar refractivity (Wildman–Crippen MR) is 83.0 cm³/mol. The van der Waals surface area contributed by atoms with E-state index in [1.165, 1.54) is 0 Å². The third kappa shape index (κ3) is 2.57. The molecule has 0 unspecified atom stereocenters. The summed E-state index contributed by atoms with van der Waals surface area (Å²) in [4.78, 5) is 24.0. The molecule has 0 spiro atoms. The van der Waals surface area contributed by atoms with Crippen LogP contribution in [0.4, 0.5) is 5.69 Å². The van der Waals surface area contributed by atoms with Crippen LogP contribution in [-0.4, -0.2) is 11.7 Å². The quantitative estimate of drug-likeness (QED) is 0.858. The molecule has 0 fully saturated rings. The van der Waals surface area contributed by atoms with E-state index in [2.05, 4.69) is 5.32 Å². The van der Waals surface area contributed by atoms with Crippen LogP contribution in [0.5, 0.6) is 0 Å². The van der Waals surface area contributed by atoms with Crippen molar-refractivity contribution in [1.82, 2.24) is 0 Å². The average Bonchev–Trinajstić information content (AvgIpc) is 2.49. The van der Waals surface area contributed by atoms with Crippen molar-refractivity contribution in [1.29, 1.82) is 0 Å². The summed E-state index contributed by atoms with van der Waals surface area (Å²) in [6.45, 7) is 1.88. The molecule has 0 aromatic heterocycles. The van der Waals surface area contributed by atoms with Gasteiger partial charge in [-0.3, -0.25) is 9.59 Å². The van der Waals surface area contributed by atoms with Crippen molar-refractivity contribution in [2.45, 2.75) is 19.8 Å².